The van der Waals surface area contributed by atoms with Crippen molar-refractivity contribution in [1.29, 1.82) is 0 Å². The molecule has 1 saturated carbocycles. The van der Waals surface area contributed by atoms with E-state index >= 15 is 0 Å². The number of benzene rings is 1. The Bertz CT molecular complexity index is 456. The Morgan fingerprint density at radius 2 is 1.86 bits per heavy atom. The molecule has 0 saturated heterocycles. The first kappa shape index (κ1) is 18.6. The fourth-order valence-corrected chi connectivity index (χ4v) is 3.05. The number of aromatic hydroxyl groups is 1. The summed E-state index contributed by atoms with van der Waals surface area (Å²) in [6.45, 7) is 6.61. The number of rotatable bonds is 3. The molecule has 1 aliphatic rings. The topological polar surface area (TPSA) is 46.5 Å². The van der Waals surface area contributed by atoms with Crippen molar-refractivity contribution in [3.63, 3.8) is 0 Å². The van der Waals surface area contributed by atoms with Gasteiger partial charge in [0, 0.05) is 32.7 Å². The second kappa shape index (κ2) is 8.29. The molecule has 3 atom stereocenters. The molecular weight excluding hydrogens is 341 g/mol. The molecule has 4 heteroatoms. The van der Waals surface area contributed by atoms with Crippen LogP contribution < -0.4 is 0 Å². The van der Waals surface area contributed by atoms with E-state index in [9.17, 15) is 9.90 Å². The Kier molecular flexibility index (Phi) is 7.36. The van der Waals surface area contributed by atoms with Crippen molar-refractivity contribution >= 4 is 5.97 Å². The van der Waals surface area contributed by atoms with Crippen LogP contribution in [0.2, 0.25) is 0 Å². The van der Waals surface area contributed by atoms with Crippen LogP contribution in [-0.2, 0) is 37.4 Å². The average molecular weight is 365 g/mol. The van der Waals surface area contributed by atoms with E-state index in [-0.39, 0.29) is 50.5 Å². The summed E-state index contributed by atoms with van der Waals surface area (Å²) in [5, 5.41) is 9.26. The second-order valence-corrected chi connectivity index (χ2v) is 6.32. The van der Waals surface area contributed by atoms with Gasteiger partial charge in [-0.05, 0) is 54.9 Å². The third-order valence-corrected chi connectivity index (χ3v) is 4.32. The monoisotopic (exact) mass is 365 g/mol. The van der Waals surface area contributed by atoms with Crippen LogP contribution in [0.4, 0.5) is 0 Å². The number of hydrogen-bond donors (Lipinski definition) is 1. The first-order valence-electron chi connectivity index (χ1n) is 7.47. The van der Waals surface area contributed by atoms with Crippen LogP contribution in [0.15, 0.2) is 24.3 Å². The molecular formula is C17H24O3Y. The van der Waals surface area contributed by atoms with Gasteiger partial charge >= 0.3 is 5.97 Å². The Hall–Kier alpha value is -0.406. The molecule has 3 nitrogen and oxygen atoms in total. The van der Waals surface area contributed by atoms with E-state index in [0.717, 1.165) is 12.8 Å². The van der Waals surface area contributed by atoms with Crippen LogP contribution in [0.5, 0.6) is 5.75 Å². The van der Waals surface area contributed by atoms with Crippen molar-refractivity contribution in [2.45, 2.75) is 46.1 Å². The summed E-state index contributed by atoms with van der Waals surface area (Å²) >= 11 is 0. The quantitative estimate of drug-likeness (QED) is 0.824. The zero-order valence-corrected chi connectivity index (χ0v) is 15.9. The van der Waals surface area contributed by atoms with Gasteiger partial charge in [0.1, 0.15) is 11.9 Å². The van der Waals surface area contributed by atoms with E-state index in [1.54, 1.807) is 12.1 Å². The number of ether oxygens (including phenoxy) is 1. The molecule has 113 valence electrons. The van der Waals surface area contributed by atoms with Gasteiger partial charge in [0.05, 0.1) is 5.56 Å². The van der Waals surface area contributed by atoms with Gasteiger partial charge in [0.25, 0.3) is 0 Å². The minimum atomic E-state index is -0.283. The number of carbonyl (C=O) groups is 1. The fourth-order valence-electron chi connectivity index (χ4n) is 3.05. The van der Waals surface area contributed by atoms with E-state index in [1.807, 2.05) is 0 Å². The van der Waals surface area contributed by atoms with Gasteiger partial charge in [0.15, 0.2) is 0 Å². The Balaban J connectivity index is 0.00000220. The van der Waals surface area contributed by atoms with Gasteiger partial charge in [-0.1, -0.05) is 27.2 Å². The zero-order valence-electron chi connectivity index (χ0n) is 13.1. The number of hydrogen-bond acceptors (Lipinski definition) is 3. The van der Waals surface area contributed by atoms with E-state index < -0.39 is 0 Å². The minimum absolute atomic E-state index is 0. The standard InChI is InChI=1S/C17H24O3.Y/c1-11(2)15-9-4-12(3)10-16(15)20-17(19)13-5-7-14(18)8-6-13;/h5-8,11-12,15-16,18H,4,9-10H2,1-3H3;. The van der Waals surface area contributed by atoms with Crippen LogP contribution in [0.3, 0.4) is 0 Å². The smallest absolute Gasteiger partial charge is 0.338 e. The van der Waals surface area contributed by atoms with Gasteiger partial charge in [-0.3, -0.25) is 0 Å². The summed E-state index contributed by atoms with van der Waals surface area (Å²) < 4.78 is 5.74. The van der Waals surface area contributed by atoms with Crippen molar-refractivity contribution < 1.29 is 47.3 Å². The molecule has 0 heterocycles. The second-order valence-electron chi connectivity index (χ2n) is 6.32. The Morgan fingerprint density at radius 3 is 2.43 bits per heavy atom. The molecule has 0 aliphatic heterocycles. The van der Waals surface area contributed by atoms with Gasteiger partial charge in [-0.2, -0.15) is 0 Å². The maximum atomic E-state index is 12.2. The summed E-state index contributed by atoms with van der Waals surface area (Å²) in [4.78, 5) is 12.2. The van der Waals surface area contributed by atoms with Gasteiger partial charge in [-0.15, -0.1) is 0 Å². The molecule has 0 bridgehead atoms. The molecule has 1 fully saturated rings. The summed E-state index contributed by atoms with van der Waals surface area (Å²) in [5.74, 6) is 1.47. The first-order valence-corrected chi connectivity index (χ1v) is 7.47. The largest absolute Gasteiger partial charge is 0.508 e. The molecule has 3 unspecified atom stereocenters. The predicted octanol–water partition coefficient (Wildman–Crippen LogP) is 4.01. The SMILES string of the molecule is CC1CCC(C(C)C)C(OC(=O)c2ccc(O)cc2)C1.[Y]. The normalized spacial score (nSPS) is 25.2. The van der Waals surface area contributed by atoms with Crippen LogP contribution in [0.1, 0.15) is 50.4 Å². The van der Waals surface area contributed by atoms with Crippen molar-refractivity contribution in [3.8, 4) is 5.75 Å². The minimum Gasteiger partial charge on any atom is -0.508 e. The van der Waals surface area contributed by atoms with Crippen LogP contribution in [-0.4, -0.2) is 17.2 Å². The molecule has 1 aliphatic carbocycles. The summed E-state index contributed by atoms with van der Waals surface area (Å²) in [6.07, 6.45) is 3.31. The number of esters is 1. The summed E-state index contributed by atoms with van der Waals surface area (Å²) in [7, 11) is 0. The van der Waals surface area contributed by atoms with E-state index in [0.29, 0.717) is 23.3 Å². The number of phenols is 1. The van der Waals surface area contributed by atoms with Crippen molar-refractivity contribution in [2.75, 3.05) is 0 Å². The molecule has 2 rings (SSSR count). The Morgan fingerprint density at radius 1 is 1.24 bits per heavy atom. The molecule has 1 aromatic carbocycles. The Labute approximate surface area is 152 Å². The maximum Gasteiger partial charge on any atom is 0.338 e. The molecule has 21 heavy (non-hydrogen) atoms. The fraction of sp³-hybridized carbons (Fsp3) is 0.588. The van der Waals surface area contributed by atoms with Crippen LogP contribution in [0, 0.1) is 17.8 Å². The van der Waals surface area contributed by atoms with E-state index in [4.69, 9.17) is 4.74 Å². The third kappa shape index (κ3) is 5.07. The summed E-state index contributed by atoms with van der Waals surface area (Å²) in [5.41, 5.74) is 0.503. The molecule has 1 N–H and O–H groups in total. The van der Waals surface area contributed by atoms with Gasteiger partial charge < -0.3 is 9.84 Å². The van der Waals surface area contributed by atoms with E-state index in [2.05, 4.69) is 20.8 Å². The number of carbonyl (C=O) groups excluding carboxylic acids is 1. The van der Waals surface area contributed by atoms with Crippen molar-refractivity contribution in [1.82, 2.24) is 0 Å². The molecule has 0 amide bonds. The predicted molar refractivity (Wildman–Crippen MR) is 78.7 cm³/mol. The van der Waals surface area contributed by atoms with Crippen LogP contribution >= 0.6 is 0 Å². The maximum absolute atomic E-state index is 12.2. The van der Waals surface area contributed by atoms with Crippen molar-refractivity contribution in [3.05, 3.63) is 29.8 Å². The van der Waals surface area contributed by atoms with Crippen molar-refractivity contribution in [2.24, 2.45) is 17.8 Å². The van der Waals surface area contributed by atoms with Gasteiger partial charge in [-0.25, -0.2) is 4.79 Å². The van der Waals surface area contributed by atoms with E-state index in [1.165, 1.54) is 18.6 Å². The first-order chi connectivity index (χ1) is 9.47. The van der Waals surface area contributed by atoms with Gasteiger partial charge in [0.2, 0.25) is 0 Å². The average Bonchev–Trinajstić information content (AvgIpc) is 2.39. The number of phenolic OH excluding ortho intramolecular Hbond substituents is 1. The zero-order chi connectivity index (χ0) is 14.7. The van der Waals surface area contributed by atoms with Crippen LogP contribution in [0.25, 0.3) is 0 Å². The molecule has 1 radical (unpaired) electrons. The third-order valence-electron chi connectivity index (χ3n) is 4.32. The molecule has 0 aromatic heterocycles. The molecule has 1 aromatic rings. The summed E-state index contributed by atoms with van der Waals surface area (Å²) in [6, 6.07) is 6.24. The molecule has 0 spiro atoms.